The lowest BCUT2D eigenvalue weighted by Gasteiger charge is -2.38. The SMILES string of the molecule is CC(C)CN(CC(C)C)CC(C)(C)CC(C)(C)N. The Labute approximate surface area is 115 Å². The van der Waals surface area contributed by atoms with Crippen molar-refractivity contribution in [3.05, 3.63) is 0 Å². The summed E-state index contributed by atoms with van der Waals surface area (Å²) < 4.78 is 0. The van der Waals surface area contributed by atoms with Crippen molar-refractivity contribution in [3.8, 4) is 0 Å². The van der Waals surface area contributed by atoms with Crippen LogP contribution in [0.1, 0.15) is 61.8 Å². The molecule has 2 nitrogen and oxygen atoms in total. The minimum atomic E-state index is -0.0785. The van der Waals surface area contributed by atoms with E-state index in [9.17, 15) is 0 Å². The van der Waals surface area contributed by atoms with Crippen molar-refractivity contribution < 1.29 is 0 Å². The van der Waals surface area contributed by atoms with Crippen LogP contribution < -0.4 is 5.73 Å². The number of nitrogens with two attached hydrogens (primary N) is 1. The van der Waals surface area contributed by atoms with Gasteiger partial charge in [0.25, 0.3) is 0 Å². The van der Waals surface area contributed by atoms with E-state index in [4.69, 9.17) is 5.73 Å². The third-order valence-corrected chi connectivity index (χ3v) is 2.83. The molecule has 0 atom stereocenters. The van der Waals surface area contributed by atoms with Crippen molar-refractivity contribution in [2.75, 3.05) is 19.6 Å². The molecule has 0 heterocycles. The number of nitrogens with zero attached hydrogens (tertiary/aromatic N) is 1. The van der Waals surface area contributed by atoms with Gasteiger partial charge in [0.05, 0.1) is 0 Å². The molecule has 0 fully saturated rings. The van der Waals surface area contributed by atoms with Gasteiger partial charge in [-0.3, -0.25) is 0 Å². The highest BCUT2D eigenvalue weighted by molar-refractivity contribution is 4.84. The lowest BCUT2D eigenvalue weighted by molar-refractivity contribution is 0.125. The standard InChI is InChI=1S/C16H36N2/c1-13(2)9-18(10-14(3)4)12-15(5,6)11-16(7,8)17/h13-14H,9-12,17H2,1-8H3. The summed E-state index contributed by atoms with van der Waals surface area (Å²) in [7, 11) is 0. The van der Waals surface area contributed by atoms with Crippen molar-refractivity contribution in [1.29, 1.82) is 0 Å². The predicted octanol–water partition coefficient (Wildman–Crippen LogP) is 3.75. The molecule has 0 saturated carbocycles. The second-order valence-corrected chi connectivity index (χ2v) is 8.31. The third-order valence-electron chi connectivity index (χ3n) is 2.83. The predicted molar refractivity (Wildman–Crippen MR) is 82.8 cm³/mol. The Kier molecular flexibility index (Phi) is 6.87. The van der Waals surface area contributed by atoms with Gasteiger partial charge >= 0.3 is 0 Å². The van der Waals surface area contributed by atoms with Gasteiger partial charge in [-0.05, 0) is 37.5 Å². The molecule has 0 rings (SSSR count). The maximum absolute atomic E-state index is 6.18. The van der Waals surface area contributed by atoms with E-state index in [0.29, 0.717) is 0 Å². The van der Waals surface area contributed by atoms with Crippen LogP contribution in [0.15, 0.2) is 0 Å². The summed E-state index contributed by atoms with van der Waals surface area (Å²) >= 11 is 0. The Hall–Kier alpha value is -0.0800. The van der Waals surface area contributed by atoms with Gasteiger partial charge in [-0.25, -0.2) is 0 Å². The fourth-order valence-corrected chi connectivity index (χ4v) is 3.13. The second kappa shape index (κ2) is 6.91. The number of hydrogen-bond donors (Lipinski definition) is 1. The highest BCUT2D eigenvalue weighted by atomic mass is 15.1. The molecule has 2 heteroatoms. The topological polar surface area (TPSA) is 29.3 Å². The average Bonchev–Trinajstić information content (AvgIpc) is 1.92. The Morgan fingerprint density at radius 3 is 1.56 bits per heavy atom. The van der Waals surface area contributed by atoms with Crippen LogP contribution in [0.3, 0.4) is 0 Å². The van der Waals surface area contributed by atoms with Crippen molar-refractivity contribution in [1.82, 2.24) is 4.90 Å². The lowest BCUT2D eigenvalue weighted by atomic mass is 9.80. The minimum Gasteiger partial charge on any atom is -0.326 e. The zero-order valence-electron chi connectivity index (χ0n) is 14.0. The van der Waals surface area contributed by atoms with E-state index in [0.717, 1.165) is 24.8 Å². The molecule has 0 aliphatic carbocycles. The molecule has 0 aromatic heterocycles. The summed E-state index contributed by atoms with van der Waals surface area (Å²) in [6.07, 6.45) is 1.06. The van der Waals surface area contributed by atoms with Gasteiger partial charge in [-0.1, -0.05) is 41.5 Å². The normalized spacial score (nSPS) is 14.0. The first-order valence-corrected chi connectivity index (χ1v) is 7.42. The van der Waals surface area contributed by atoms with E-state index in [-0.39, 0.29) is 11.0 Å². The van der Waals surface area contributed by atoms with Crippen molar-refractivity contribution in [2.24, 2.45) is 23.0 Å². The van der Waals surface area contributed by atoms with Crippen LogP contribution >= 0.6 is 0 Å². The largest absolute Gasteiger partial charge is 0.326 e. The molecule has 0 aliphatic rings. The van der Waals surface area contributed by atoms with Crippen LogP contribution in [0.5, 0.6) is 0 Å². The van der Waals surface area contributed by atoms with Crippen molar-refractivity contribution in [2.45, 2.75) is 67.3 Å². The van der Waals surface area contributed by atoms with Gasteiger partial charge in [0.2, 0.25) is 0 Å². The molecule has 0 bridgehead atoms. The van der Waals surface area contributed by atoms with E-state index in [1.807, 2.05) is 0 Å². The molecule has 0 saturated heterocycles. The first-order valence-electron chi connectivity index (χ1n) is 7.42. The number of rotatable bonds is 8. The Balaban J connectivity index is 4.53. The molecule has 0 aliphatic heterocycles. The molecule has 18 heavy (non-hydrogen) atoms. The Bertz CT molecular complexity index is 214. The van der Waals surface area contributed by atoms with Gasteiger partial charge in [-0.15, -0.1) is 0 Å². The van der Waals surface area contributed by atoms with Crippen molar-refractivity contribution >= 4 is 0 Å². The molecular weight excluding hydrogens is 220 g/mol. The van der Waals surface area contributed by atoms with Gasteiger partial charge < -0.3 is 10.6 Å². The van der Waals surface area contributed by atoms with Crippen LogP contribution in [0.25, 0.3) is 0 Å². The molecular formula is C16H36N2. The van der Waals surface area contributed by atoms with E-state index < -0.39 is 0 Å². The van der Waals surface area contributed by atoms with E-state index in [1.54, 1.807) is 0 Å². The highest BCUT2D eigenvalue weighted by Gasteiger charge is 2.28. The molecule has 2 N–H and O–H groups in total. The van der Waals surface area contributed by atoms with Gasteiger partial charge in [0, 0.05) is 25.2 Å². The van der Waals surface area contributed by atoms with Crippen LogP contribution in [0.4, 0.5) is 0 Å². The van der Waals surface area contributed by atoms with Crippen LogP contribution in [-0.2, 0) is 0 Å². The maximum Gasteiger partial charge on any atom is 0.0103 e. The second-order valence-electron chi connectivity index (χ2n) is 8.31. The molecule has 0 radical (unpaired) electrons. The summed E-state index contributed by atoms with van der Waals surface area (Å²) in [6.45, 7) is 21.7. The average molecular weight is 256 g/mol. The van der Waals surface area contributed by atoms with Gasteiger partial charge in [0.1, 0.15) is 0 Å². The first-order chi connectivity index (χ1) is 7.91. The summed E-state index contributed by atoms with van der Waals surface area (Å²) in [5.74, 6) is 1.45. The lowest BCUT2D eigenvalue weighted by Crippen LogP contribution is -2.44. The molecule has 0 unspecified atom stereocenters. The van der Waals surface area contributed by atoms with Crippen LogP contribution in [0.2, 0.25) is 0 Å². The summed E-state index contributed by atoms with van der Waals surface area (Å²) in [6, 6.07) is 0. The van der Waals surface area contributed by atoms with E-state index in [2.05, 4.69) is 60.3 Å². The molecule has 0 spiro atoms. The van der Waals surface area contributed by atoms with Crippen molar-refractivity contribution in [3.63, 3.8) is 0 Å². The molecule has 0 amide bonds. The van der Waals surface area contributed by atoms with Gasteiger partial charge in [-0.2, -0.15) is 0 Å². The van der Waals surface area contributed by atoms with Crippen LogP contribution in [0, 0.1) is 17.3 Å². The van der Waals surface area contributed by atoms with E-state index in [1.165, 1.54) is 13.1 Å². The Morgan fingerprint density at radius 2 is 1.28 bits per heavy atom. The summed E-state index contributed by atoms with van der Waals surface area (Å²) in [5.41, 5.74) is 6.38. The maximum atomic E-state index is 6.18. The highest BCUT2D eigenvalue weighted by Crippen LogP contribution is 2.28. The van der Waals surface area contributed by atoms with E-state index >= 15 is 0 Å². The fourth-order valence-electron chi connectivity index (χ4n) is 3.13. The first kappa shape index (κ1) is 17.9. The zero-order valence-corrected chi connectivity index (χ0v) is 14.0. The molecule has 110 valence electrons. The Morgan fingerprint density at radius 1 is 0.889 bits per heavy atom. The van der Waals surface area contributed by atoms with Gasteiger partial charge in [0.15, 0.2) is 0 Å². The zero-order chi connectivity index (χ0) is 14.6. The van der Waals surface area contributed by atoms with Crippen LogP contribution in [-0.4, -0.2) is 30.1 Å². The minimum absolute atomic E-state index is 0.0785. The molecule has 0 aromatic carbocycles. The molecule has 0 aromatic rings. The smallest absolute Gasteiger partial charge is 0.0103 e. The third kappa shape index (κ3) is 9.90. The monoisotopic (exact) mass is 256 g/mol. The summed E-state index contributed by atoms with van der Waals surface area (Å²) in [5, 5.41) is 0. The quantitative estimate of drug-likeness (QED) is 0.716. The fraction of sp³-hybridized carbons (Fsp3) is 1.00. The number of hydrogen-bond acceptors (Lipinski definition) is 2. The summed E-state index contributed by atoms with van der Waals surface area (Å²) in [4.78, 5) is 2.61.